The SMILES string of the molecule is COC(=O)C1(c2ccccc2)CC[C@H]2NCCC[C@@H]2C1. The lowest BCUT2D eigenvalue weighted by atomic mass is 9.62. The van der Waals surface area contributed by atoms with E-state index in [-0.39, 0.29) is 5.97 Å². The molecule has 0 radical (unpaired) electrons. The van der Waals surface area contributed by atoms with Crippen LogP contribution in [0.1, 0.15) is 37.7 Å². The zero-order valence-electron chi connectivity index (χ0n) is 12.1. The third kappa shape index (κ3) is 2.24. The number of carbonyl (C=O) groups is 1. The normalized spacial score (nSPS) is 33.2. The van der Waals surface area contributed by atoms with Crippen molar-refractivity contribution in [3.05, 3.63) is 35.9 Å². The summed E-state index contributed by atoms with van der Waals surface area (Å²) in [7, 11) is 1.51. The molecule has 20 heavy (non-hydrogen) atoms. The van der Waals surface area contributed by atoms with Gasteiger partial charge in [-0.25, -0.2) is 0 Å². The second kappa shape index (κ2) is 5.57. The van der Waals surface area contributed by atoms with Gasteiger partial charge in [-0.15, -0.1) is 0 Å². The molecule has 3 nitrogen and oxygen atoms in total. The lowest BCUT2D eigenvalue weighted by molar-refractivity contribution is -0.150. The van der Waals surface area contributed by atoms with Crippen LogP contribution in [0.3, 0.4) is 0 Å². The van der Waals surface area contributed by atoms with Gasteiger partial charge in [0.25, 0.3) is 0 Å². The average Bonchev–Trinajstić information content (AvgIpc) is 2.54. The van der Waals surface area contributed by atoms with Crippen LogP contribution in [0, 0.1) is 5.92 Å². The number of carbonyl (C=O) groups excluding carboxylic acids is 1. The molecule has 2 fully saturated rings. The Morgan fingerprint density at radius 2 is 2.10 bits per heavy atom. The van der Waals surface area contributed by atoms with E-state index in [1.54, 1.807) is 0 Å². The van der Waals surface area contributed by atoms with Crippen molar-refractivity contribution in [1.29, 1.82) is 0 Å². The Labute approximate surface area is 120 Å². The zero-order chi connectivity index (χ0) is 14.0. The maximum atomic E-state index is 12.5. The van der Waals surface area contributed by atoms with Crippen molar-refractivity contribution in [3.63, 3.8) is 0 Å². The van der Waals surface area contributed by atoms with Crippen LogP contribution in [-0.2, 0) is 14.9 Å². The molecule has 1 aromatic carbocycles. The predicted octanol–water partition coefficient (Wildman–Crippen LogP) is 2.65. The number of ether oxygens (including phenoxy) is 1. The quantitative estimate of drug-likeness (QED) is 0.842. The highest BCUT2D eigenvalue weighted by molar-refractivity contribution is 5.83. The topological polar surface area (TPSA) is 38.3 Å². The minimum Gasteiger partial charge on any atom is -0.468 e. The van der Waals surface area contributed by atoms with E-state index >= 15 is 0 Å². The molecule has 1 saturated carbocycles. The Morgan fingerprint density at radius 3 is 2.85 bits per heavy atom. The monoisotopic (exact) mass is 273 g/mol. The van der Waals surface area contributed by atoms with Gasteiger partial charge >= 0.3 is 5.97 Å². The fourth-order valence-electron chi connectivity index (χ4n) is 4.07. The molecule has 1 unspecified atom stereocenters. The first-order valence-electron chi connectivity index (χ1n) is 7.63. The molecular weight excluding hydrogens is 250 g/mol. The summed E-state index contributed by atoms with van der Waals surface area (Å²) in [4.78, 5) is 12.5. The standard InChI is InChI=1S/C17H23NO2/c1-20-16(19)17(14-7-3-2-4-8-14)10-9-15-13(12-17)6-5-11-18-15/h2-4,7-8,13,15,18H,5-6,9-12H2,1H3/t13-,15-,17?/m1/s1. The minimum atomic E-state index is -0.434. The number of methoxy groups -OCH3 is 1. The molecule has 0 amide bonds. The predicted molar refractivity (Wildman–Crippen MR) is 78.5 cm³/mol. The number of hydrogen-bond donors (Lipinski definition) is 1. The van der Waals surface area contributed by atoms with Gasteiger partial charge in [0.05, 0.1) is 12.5 Å². The first-order chi connectivity index (χ1) is 9.76. The molecule has 1 heterocycles. The molecule has 0 bridgehead atoms. The number of benzene rings is 1. The Morgan fingerprint density at radius 1 is 1.30 bits per heavy atom. The van der Waals surface area contributed by atoms with E-state index < -0.39 is 5.41 Å². The van der Waals surface area contributed by atoms with Gasteiger partial charge in [-0.3, -0.25) is 4.79 Å². The summed E-state index contributed by atoms with van der Waals surface area (Å²) in [6.07, 6.45) is 5.31. The van der Waals surface area contributed by atoms with Crippen LogP contribution in [-0.4, -0.2) is 25.7 Å². The van der Waals surface area contributed by atoms with Crippen molar-refractivity contribution in [3.8, 4) is 0 Å². The Hall–Kier alpha value is -1.35. The van der Waals surface area contributed by atoms with E-state index in [1.165, 1.54) is 20.0 Å². The largest absolute Gasteiger partial charge is 0.468 e. The van der Waals surface area contributed by atoms with Crippen LogP contribution in [0.4, 0.5) is 0 Å². The van der Waals surface area contributed by atoms with Crippen molar-refractivity contribution in [2.24, 2.45) is 5.92 Å². The number of fused-ring (bicyclic) bond motifs is 1. The average molecular weight is 273 g/mol. The van der Waals surface area contributed by atoms with E-state index in [4.69, 9.17) is 4.74 Å². The minimum absolute atomic E-state index is 0.0623. The van der Waals surface area contributed by atoms with Crippen LogP contribution in [0.15, 0.2) is 30.3 Å². The Kier molecular flexibility index (Phi) is 3.79. The fraction of sp³-hybridized carbons (Fsp3) is 0.588. The molecule has 3 heteroatoms. The maximum absolute atomic E-state index is 12.5. The van der Waals surface area contributed by atoms with E-state index in [0.717, 1.165) is 31.4 Å². The molecular formula is C17H23NO2. The first-order valence-corrected chi connectivity index (χ1v) is 7.63. The third-order valence-corrected chi connectivity index (χ3v) is 5.12. The highest BCUT2D eigenvalue weighted by Gasteiger charge is 2.48. The highest BCUT2D eigenvalue weighted by Crippen LogP contribution is 2.45. The van der Waals surface area contributed by atoms with E-state index in [0.29, 0.717) is 12.0 Å². The van der Waals surface area contributed by atoms with Gasteiger partial charge in [0, 0.05) is 6.04 Å². The summed E-state index contributed by atoms with van der Waals surface area (Å²) >= 11 is 0. The molecule has 3 rings (SSSR count). The highest BCUT2D eigenvalue weighted by atomic mass is 16.5. The molecule has 1 N–H and O–H groups in total. The lowest BCUT2D eigenvalue weighted by Crippen LogP contribution is -2.52. The fourth-order valence-corrected chi connectivity index (χ4v) is 4.07. The molecule has 1 saturated heterocycles. The maximum Gasteiger partial charge on any atom is 0.316 e. The van der Waals surface area contributed by atoms with Crippen LogP contribution in [0.25, 0.3) is 0 Å². The molecule has 1 aliphatic heterocycles. The van der Waals surface area contributed by atoms with Gasteiger partial charge in [-0.2, -0.15) is 0 Å². The van der Waals surface area contributed by atoms with Crippen LogP contribution >= 0.6 is 0 Å². The Balaban J connectivity index is 1.93. The van der Waals surface area contributed by atoms with E-state index in [2.05, 4.69) is 17.4 Å². The van der Waals surface area contributed by atoms with Crippen molar-refractivity contribution in [1.82, 2.24) is 5.32 Å². The molecule has 0 aromatic heterocycles. The molecule has 1 aliphatic carbocycles. The van der Waals surface area contributed by atoms with Gasteiger partial charge in [-0.1, -0.05) is 30.3 Å². The van der Waals surface area contributed by atoms with E-state index in [1.807, 2.05) is 18.2 Å². The first kappa shape index (κ1) is 13.6. The summed E-state index contributed by atoms with van der Waals surface area (Å²) in [5, 5.41) is 3.62. The van der Waals surface area contributed by atoms with Crippen LogP contribution in [0.2, 0.25) is 0 Å². The van der Waals surface area contributed by atoms with Crippen molar-refractivity contribution >= 4 is 5.97 Å². The molecule has 1 aromatic rings. The summed E-state index contributed by atoms with van der Waals surface area (Å²) in [6, 6.07) is 10.8. The van der Waals surface area contributed by atoms with Gasteiger partial charge in [0.2, 0.25) is 0 Å². The van der Waals surface area contributed by atoms with Crippen molar-refractivity contribution in [2.75, 3.05) is 13.7 Å². The van der Waals surface area contributed by atoms with Crippen LogP contribution in [0.5, 0.6) is 0 Å². The summed E-state index contributed by atoms with van der Waals surface area (Å²) in [5.41, 5.74) is 0.687. The summed E-state index contributed by atoms with van der Waals surface area (Å²) in [5.74, 6) is 0.532. The third-order valence-electron chi connectivity index (χ3n) is 5.12. The van der Waals surface area contributed by atoms with E-state index in [9.17, 15) is 4.79 Å². The number of hydrogen-bond acceptors (Lipinski definition) is 3. The number of rotatable bonds is 2. The van der Waals surface area contributed by atoms with Gasteiger partial charge in [0.15, 0.2) is 0 Å². The molecule has 0 spiro atoms. The smallest absolute Gasteiger partial charge is 0.316 e. The van der Waals surface area contributed by atoms with Crippen molar-refractivity contribution < 1.29 is 9.53 Å². The second-order valence-corrected chi connectivity index (χ2v) is 6.15. The summed E-state index contributed by atoms with van der Waals surface area (Å²) < 4.78 is 5.17. The van der Waals surface area contributed by atoms with Gasteiger partial charge < -0.3 is 10.1 Å². The molecule has 2 aliphatic rings. The molecule has 108 valence electrons. The number of piperidine rings is 1. The van der Waals surface area contributed by atoms with Crippen molar-refractivity contribution in [2.45, 2.75) is 43.6 Å². The Bertz CT molecular complexity index is 473. The van der Waals surface area contributed by atoms with Gasteiger partial charge in [0.1, 0.15) is 0 Å². The van der Waals surface area contributed by atoms with Crippen LogP contribution < -0.4 is 5.32 Å². The van der Waals surface area contributed by atoms with Gasteiger partial charge in [-0.05, 0) is 50.1 Å². The lowest BCUT2D eigenvalue weighted by Gasteiger charge is -2.45. The summed E-state index contributed by atoms with van der Waals surface area (Å²) in [6.45, 7) is 1.12. The zero-order valence-corrected chi connectivity index (χ0v) is 12.1. The number of esters is 1. The molecule has 3 atom stereocenters. The number of nitrogens with one attached hydrogen (secondary N) is 1. The second-order valence-electron chi connectivity index (χ2n) is 6.15.